The monoisotopic (exact) mass is 350 g/mol. The smallest absolute Gasteiger partial charge is 0.222 e. The van der Waals surface area contributed by atoms with Gasteiger partial charge in [0, 0.05) is 38.6 Å². The number of carbonyl (C=O) groups is 1. The molecule has 2 aromatic carbocycles. The number of carbonyl (C=O) groups excluding carboxylic acids is 1. The predicted molar refractivity (Wildman–Crippen MR) is 102 cm³/mol. The van der Waals surface area contributed by atoms with Gasteiger partial charge in [-0.2, -0.15) is 0 Å². The molecule has 2 aliphatic rings. The second kappa shape index (κ2) is 7.12. The minimum Gasteiger partial charge on any atom is -0.457 e. The topological polar surface area (TPSA) is 32.8 Å². The zero-order chi connectivity index (χ0) is 18.0. The summed E-state index contributed by atoms with van der Waals surface area (Å²) in [5.41, 5.74) is 1.39. The highest BCUT2D eigenvalue weighted by molar-refractivity contribution is 5.79. The average Bonchev–Trinajstić information content (AvgIpc) is 2.94. The van der Waals surface area contributed by atoms with Gasteiger partial charge < -0.3 is 9.64 Å². The molecule has 0 radical (unpaired) electrons. The van der Waals surface area contributed by atoms with Gasteiger partial charge in [-0.25, -0.2) is 0 Å². The Kier molecular flexibility index (Phi) is 4.68. The van der Waals surface area contributed by atoms with Crippen LogP contribution in [0.1, 0.15) is 31.2 Å². The fraction of sp³-hybridized carbons (Fsp3) is 0.409. The molecule has 2 aliphatic heterocycles. The Morgan fingerprint density at radius 2 is 1.69 bits per heavy atom. The highest BCUT2D eigenvalue weighted by atomic mass is 16.5. The molecule has 1 amide bonds. The number of amides is 1. The summed E-state index contributed by atoms with van der Waals surface area (Å²) >= 11 is 0. The molecule has 2 heterocycles. The summed E-state index contributed by atoms with van der Waals surface area (Å²) in [6.45, 7) is 3.02. The molecule has 26 heavy (non-hydrogen) atoms. The maximum atomic E-state index is 11.9. The molecule has 0 bridgehead atoms. The molecule has 0 aliphatic carbocycles. The summed E-state index contributed by atoms with van der Waals surface area (Å²) in [5.74, 6) is 2.05. The van der Waals surface area contributed by atoms with E-state index in [0.29, 0.717) is 5.91 Å². The Labute approximate surface area is 155 Å². The van der Waals surface area contributed by atoms with Crippen molar-refractivity contribution in [1.29, 1.82) is 0 Å². The third-order valence-corrected chi connectivity index (χ3v) is 5.96. The molecule has 2 aromatic rings. The minimum atomic E-state index is 0.117. The van der Waals surface area contributed by atoms with Crippen molar-refractivity contribution in [2.45, 2.75) is 37.8 Å². The van der Waals surface area contributed by atoms with Crippen molar-refractivity contribution >= 4 is 5.91 Å². The lowest BCUT2D eigenvalue weighted by atomic mass is 9.85. The first-order valence-corrected chi connectivity index (χ1v) is 9.46. The lowest BCUT2D eigenvalue weighted by Gasteiger charge is -2.43. The molecular formula is C22H26N2O2. The van der Waals surface area contributed by atoms with E-state index in [1.807, 2.05) is 48.3 Å². The number of para-hydroxylation sites is 1. The number of ether oxygens (including phenoxy) is 1. The van der Waals surface area contributed by atoms with Gasteiger partial charge in [0.25, 0.3) is 0 Å². The Hall–Kier alpha value is -2.33. The van der Waals surface area contributed by atoms with Gasteiger partial charge in [-0.3, -0.25) is 9.69 Å². The van der Waals surface area contributed by atoms with E-state index >= 15 is 0 Å². The quantitative estimate of drug-likeness (QED) is 0.833. The molecular weight excluding hydrogens is 324 g/mol. The molecule has 2 fully saturated rings. The van der Waals surface area contributed by atoms with Crippen LogP contribution in [0.2, 0.25) is 0 Å². The summed E-state index contributed by atoms with van der Waals surface area (Å²) < 4.78 is 5.95. The van der Waals surface area contributed by atoms with E-state index in [-0.39, 0.29) is 5.54 Å². The standard InChI is InChI=1S/C22H26N2O2/c1-23-21(25)10-11-22(23)12-14-24(15-13-22)17-18-6-5-9-20(16-18)26-19-7-3-2-4-8-19/h2-9,16H,10-15,17H2,1H3. The fourth-order valence-corrected chi connectivity index (χ4v) is 4.24. The fourth-order valence-electron chi connectivity index (χ4n) is 4.24. The lowest BCUT2D eigenvalue weighted by molar-refractivity contribution is -0.130. The van der Waals surface area contributed by atoms with Crippen LogP contribution < -0.4 is 4.74 Å². The van der Waals surface area contributed by atoms with Crippen molar-refractivity contribution in [1.82, 2.24) is 9.80 Å². The van der Waals surface area contributed by atoms with E-state index in [1.54, 1.807) is 0 Å². The van der Waals surface area contributed by atoms with Crippen LogP contribution in [0.25, 0.3) is 0 Å². The lowest BCUT2D eigenvalue weighted by Crippen LogP contribution is -2.51. The molecule has 0 unspecified atom stereocenters. The van der Waals surface area contributed by atoms with Crippen LogP contribution in [-0.2, 0) is 11.3 Å². The summed E-state index contributed by atoms with van der Waals surface area (Å²) in [5, 5.41) is 0. The van der Waals surface area contributed by atoms with Crippen molar-refractivity contribution < 1.29 is 9.53 Å². The van der Waals surface area contributed by atoms with Crippen molar-refractivity contribution in [3.8, 4) is 11.5 Å². The number of nitrogens with zero attached hydrogens (tertiary/aromatic N) is 2. The number of piperidine rings is 1. The van der Waals surface area contributed by atoms with Gasteiger partial charge in [0.05, 0.1) is 0 Å². The highest BCUT2D eigenvalue weighted by Crippen LogP contribution is 2.38. The SMILES string of the molecule is CN1C(=O)CCC12CCN(Cc1cccc(Oc3ccccc3)c1)CC2. The molecule has 4 heteroatoms. The van der Waals surface area contributed by atoms with E-state index in [9.17, 15) is 4.79 Å². The number of hydrogen-bond donors (Lipinski definition) is 0. The Morgan fingerprint density at radius 3 is 2.38 bits per heavy atom. The van der Waals surface area contributed by atoms with Crippen LogP contribution >= 0.6 is 0 Å². The van der Waals surface area contributed by atoms with Gasteiger partial charge in [-0.15, -0.1) is 0 Å². The molecule has 0 atom stereocenters. The van der Waals surface area contributed by atoms with Gasteiger partial charge in [-0.1, -0.05) is 30.3 Å². The highest BCUT2D eigenvalue weighted by Gasteiger charge is 2.44. The molecule has 0 N–H and O–H groups in total. The van der Waals surface area contributed by atoms with E-state index < -0.39 is 0 Å². The van der Waals surface area contributed by atoms with Gasteiger partial charge in [0.2, 0.25) is 5.91 Å². The Balaban J connectivity index is 1.37. The normalized spacial score (nSPS) is 19.9. The van der Waals surface area contributed by atoms with Gasteiger partial charge in [0.1, 0.15) is 11.5 Å². The van der Waals surface area contributed by atoms with Crippen LogP contribution in [0.5, 0.6) is 11.5 Å². The van der Waals surface area contributed by atoms with Crippen molar-refractivity contribution in [2.75, 3.05) is 20.1 Å². The summed E-state index contributed by atoms with van der Waals surface area (Å²) in [4.78, 5) is 16.4. The first-order valence-electron chi connectivity index (χ1n) is 9.46. The molecule has 4 nitrogen and oxygen atoms in total. The number of likely N-dealkylation sites (tertiary alicyclic amines) is 2. The van der Waals surface area contributed by atoms with E-state index in [0.717, 1.165) is 56.8 Å². The van der Waals surface area contributed by atoms with Crippen molar-refractivity contribution in [3.05, 3.63) is 60.2 Å². The van der Waals surface area contributed by atoms with Crippen LogP contribution in [0, 0.1) is 0 Å². The van der Waals surface area contributed by atoms with Crippen LogP contribution in [-0.4, -0.2) is 41.4 Å². The van der Waals surface area contributed by atoms with E-state index in [1.165, 1.54) is 5.56 Å². The van der Waals surface area contributed by atoms with E-state index in [2.05, 4.69) is 23.1 Å². The van der Waals surface area contributed by atoms with Crippen LogP contribution in [0.15, 0.2) is 54.6 Å². The van der Waals surface area contributed by atoms with Crippen LogP contribution in [0.4, 0.5) is 0 Å². The third kappa shape index (κ3) is 3.47. The van der Waals surface area contributed by atoms with Gasteiger partial charge in [-0.05, 0) is 49.1 Å². The predicted octanol–water partition coefficient (Wildman–Crippen LogP) is 4.07. The Bertz CT molecular complexity index is 767. The zero-order valence-electron chi connectivity index (χ0n) is 15.4. The van der Waals surface area contributed by atoms with Gasteiger partial charge >= 0.3 is 0 Å². The first kappa shape index (κ1) is 17.1. The van der Waals surface area contributed by atoms with Crippen molar-refractivity contribution in [3.63, 3.8) is 0 Å². The first-order chi connectivity index (χ1) is 12.6. The minimum absolute atomic E-state index is 0.117. The number of hydrogen-bond acceptors (Lipinski definition) is 3. The number of rotatable bonds is 4. The summed E-state index contributed by atoms with van der Waals surface area (Å²) in [6, 6.07) is 18.2. The Morgan fingerprint density at radius 1 is 0.962 bits per heavy atom. The summed E-state index contributed by atoms with van der Waals surface area (Å²) in [6.07, 6.45) is 3.90. The molecule has 0 saturated carbocycles. The zero-order valence-corrected chi connectivity index (χ0v) is 15.4. The molecule has 2 saturated heterocycles. The number of benzene rings is 2. The molecule has 0 aromatic heterocycles. The molecule has 136 valence electrons. The van der Waals surface area contributed by atoms with Gasteiger partial charge in [0.15, 0.2) is 0 Å². The second-order valence-electron chi connectivity index (χ2n) is 7.52. The molecule has 4 rings (SSSR count). The molecule has 1 spiro atoms. The maximum absolute atomic E-state index is 11.9. The second-order valence-corrected chi connectivity index (χ2v) is 7.52. The largest absolute Gasteiger partial charge is 0.457 e. The van der Waals surface area contributed by atoms with Crippen molar-refractivity contribution in [2.24, 2.45) is 0 Å². The van der Waals surface area contributed by atoms with Crippen LogP contribution in [0.3, 0.4) is 0 Å². The average molecular weight is 350 g/mol. The summed E-state index contributed by atoms with van der Waals surface area (Å²) in [7, 11) is 1.98. The third-order valence-electron chi connectivity index (χ3n) is 5.96. The van der Waals surface area contributed by atoms with E-state index in [4.69, 9.17) is 4.74 Å². The maximum Gasteiger partial charge on any atom is 0.222 e.